The van der Waals surface area contributed by atoms with Crippen LogP contribution in [0.1, 0.15) is 32.6 Å². The monoisotopic (exact) mass is 351 g/mol. The minimum Gasteiger partial charge on any atom is -0.298 e. The van der Waals surface area contributed by atoms with Crippen molar-refractivity contribution in [1.29, 1.82) is 0 Å². The average Bonchev–Trinajstić information content (AvgIpc) is 2.46. The minimum absolute atomic E-state index is 0.113. The van der Waals surface area contributed by atoms with Crippen molar-refractivity contribution in [3.8, 4) is 0 Å². The van der Waals surface area contributed by atoms with Gasteiger partial charge < -0.3 is 0 Å². The molecule has 21 heavy (non-hydrogen) atoms. The highest BCUT2D eigenvalue weighted by atomic mass is 32.2. The van der Waals surface area contributed by atoms with E-state index in [0.29, 0.717) is 30.5 Å². The Morgan fingerprint density at radius 2 is 2.00 bits per heavy atom. The van der Waals surface area contributed by atoms with Crippen LogP contribution < -0.4 is 0 Å². The molecule has 0 radical (unpaired) electrons. The summed E-state index contributed by atoms with van der Waals surface area (Å²) >= 11 is 3.72. The molecule has 0 aromatic carbocycles. The van der Waals surface area contributed by atoms with Crippen LogP contribution in [-0.4, -0.2) is 59.9 Å². The first kappa shape index (κ1) is 17.6. The van der Waals surface area contributed by atoms with Gasteiger partial charge in [0.2, 0.25) is 10.0 Å². The molecule has 0 spiro atoms. The molecule has 2 saturated heterocycles. The van der Waals surface area contributed by atoms with Crippen molar-refractivity contribution in [2.75, 3.05) is 30.9 Å². The number of hydrogen-bond acceptors (Lipinski definition) is 5. The Morgan fingerprint density at radius 3 is 2.67 bits per heavy atom. The van der Waals surface area contributed by atoms with E-state index in [2.05, 4.69) is 6.92 Å². The first-order valence-corrected chi connectivity index (χ1v) is 11.6. The highest BCUT2D eigenvalue weighted by Gasteiger charge is 2.34. The fourth-order valence-corrected chi connectivity index (χ4v) is 7.09. The maximum atomic E-state index is 12.6. The molecule has 2 heterocycles. The number of carbonyl (C=O) groups is 1. The molecule has 0 aromatic rings. The number of rotatable bonds is 5. The predicted molar refractivity (Wildman–Crippen MR) is 91.5 cm³/mol. The number of Topliss-reactive ketones (excluding diaryl/α,β-unsaturated/α-hetero) is 1. The molecule has 0 N–H and O–H groups in total. The molecular weight excluding hydrogens is 326 g/mol. The SMILES string of the molecule is CCC1SCCSC1C(=O)CC1CCCN(S(C)(=O)=O)C1. The zero-order valence-electron chi connectivity index (χ0n) is 12.8. The fraction of sp³-hybridized carbons (Fsp3) is 0.929. The Kier molecular flexibility index (Phi) is 6.47. The van der Waals surface area contributed by atoms with E-state index >= 15 is 0 Å². The molecule has 0 amide bonds. The second kappa shape index (κ2) is 7.70. The van der Waals surface area contributed by atoms with Crippen LogP contribution in [-0.2, 0) is 14.8 Å². The van der Waals surface area contributed by atoms with Crippen LogP contribution in [0.4, 0.5) is 0 Å². The molecule has 3 unspecified atom stereocenters. The molecule has 0 saturated carbocycles. The highest BCUT2D eigenvalue weighted by molar-refractivity contribution is 8.07. The molecule has 0 aliphatic carbocycles. The largest absolute Gasteiger partial charge is 0.298 e. The van der Waals surface area contributed by atoms with Gasteiger partial charge in [0.15, 0.2) is 0 Å². The molecule has 0 aromatic heterocycles. The molecule has 7 heteroatoms. The van der Waals surface area contributed by atoms with Gasteiger partial charge in [-0.3, -0.25) is 4.79 Å². The third kappa shape index (κ3) is 4.88. The Bertz CT molecular complexity index is 466. The van der Waals surface area contributed by atoms with Crippen molar-refractivity contribution in [2.24, 2.45) is 5.92 Å². The van der Waals surface area contributed by atoms with Crippen molar-refractivity contribution in [2.45, 2.75) is 43.1 Å². The second-order valence-electron chi connectivity index (χ2n) is 5.91. The van der Waals surface area contributed by atoms with Crippen LogP contribution in [0.2, 0.25) is 0 Å². The molecule has 2 rings (SSSR count). The van der Waals surface area contributed by atoms with E-state index in [1.165, 1.54) is 10.6 Å². The summed E-state index contributed by atoms with van der Waals surface area (Å²) in [5.74, 6) is 2.72. The first-order chi connectivity index (χ1) is 9.91. The molecule has 0 bridgehead atoms. The Morgan fingerprint density at radius 1 is 1.29 bits per heavy atom. The van der Waals surface area contributed by atoms with Crippen LogP contribution in [0.15, 0.2) is 0 Å². The molecule has 2 fully saturated rings. The normalized spacial score (nSPS) is 32.0. The van der Waals surface area contributed by atoms with E-state index < -0.39 is 10.0 Å². The van der Waals surface area contributed by atoms with Gasteiger partial charge in [-0.2, -0.15) is 11.8 Å². The van der Waals surface area contributed by atoms with Gasteiger partial charge in [0, 0.05) is 36.3 Å². The van der Waals surface area contributed by atoms with Crippen molar-refractivity contribution in [3.05, 3.63) is 0 Å². The summed E-state index contributed by atoms with van der Waals surface area (Å²) in [5.41, 5.74) is 0. The van der Waals surface area contributed by atoms with E-state index in [1.807, 2.05) is 11.8 Å². The average molecular weight is 352 g/mol. The van der Waals surface area contributed by atoms with Crippen LogP contribution in [0, 0.1) is 5.92 Å². The Labute approximate surface area is 136 Å². The summed E-state index contributed by atoms with van der Waals surface area (Å²) in [7, 11) is -3.12. The topological polar surface area (TPSA) is 54.5 Å². The molecular formula is C14H25NO3S3. The third-order valence-electron chi connectivity index (χ3n) is 4.21. The van der Waals surface area contributed by atoms with Gasteiger partial charge in [-0.15, -0.1) is 11.8 Å². The number of sulfonamides is 1. The van der Waals surface area contributed by atoms with E-state index in [-0.39, 0.29) is 11.2 Å². The fourth-order valence-electron chi connectivity index (χ4n) is 3.10. The van der Waals surface area contributed by atoms with Crippen molar-refractivity contribution < 1.29 is 13.2 Å². The molecule has 3 atom stereocenters. The minimum atomic E-state index is -3.12. The maximum Gasteiger partial charge on any atom is 0.211 e. The lowest BCUT2D eigenvalue weighted by Gasteiger charge is -2.33. The highest BCUT2D eigenvalue weighted by Crippen LogP contribution is 2.35. The quantitative estimate of drug-likeness (QED) is 0.760. The lowest BCUT2D eigenvalue weighted by Crippen LogP contribution is -2.41. The van der Waals surface area contributed by atoms with Crippen molar-refractivity contribution in [1.82, 2.24) is 4.31 Å². The van der Waals surface area contributed by atoms with Gasteiger partial charge in [0.25, 0.3) is 0 Å². The standard InChI is InChI=1S/C14H25NO3S3/c1-3-13-14(20-8-7-19-13)12(16)9-11-5-4-6-15(10-11)21(2,17)18/h11,13-14H,3-10H2,1-2H3. The summed E-state index contributed by atoms with van der Waals surface area (Å²) in [6.45, 7) is 3.27. The number of carbonyl (C=O) groups excluding carboxylic acids is 1. The number of nitrogens with zero attached hydrogens (tertiary/aromatic N) is 1. The van der Waals surface area contributed by atoms with E-state index in [9.17, 15) is 13.2 Å². The zero-order valence-corrected chi connectivity index (χ0v) is 15.2. The predicted octanol–water partition coefficient (Wildman–Crippen LogP) is 2.24. The van der Waals surface area contributed by atoms with Crippen LogP contribution in [0.25, 0.3) is 0 Å². The molecule has 4 nitrogen and oxygen atoms in total. The van der Waals surface area contributed by atoms with Crippen molar-refractivity contribution in [3.63, 3.8) is 0 Å². The van der Waals surface area contributed by atoms with E-state index in [1.54, 1.807) is 11.8 Å². The summed E-state index contributed by atoms with van der Waals surface area (Å²) in [6.07, 6.45) is 4.68. The molecule has 2 aliphatic rings. The molecule has 2 aliphatic heterocycles. The number of thioether (sulfide) groups is 2. The smallest absolute Gasteiger partial charge is 0.211 e. The van der Waals surface area contributed by atoms with Gasteiger partial charge in [0.05, 0.1) is 11.5 Å². The van der Waals surface area contributed by atoms with Crippen LogP contribution in [0.5, 0.6) is 0 Å². The molecule has 122 valence electrons. The van der Waals surface area contributed by atoms with Gasteiger partial charge in [-0.05, 0) is 25.2 Å². The van der Waals surface area contributed by atoms with Crippen LogP contribution >= 0.6 is 23.5 Å². The summed E-state index contributed by atoms with van der Waals surface area (Å²) in [5, 5.41) is 0.549. The van der Waals surface area contributed by atoms with Gasteiger partial charge in [-0.25, -0.2) is 12.7 Å². The summed E-state index contributed by atoms with van der Waals surface area (Å²) in [4.78, 5) is 12.6. The van der Waals surface area contributed by atoms with Gasteiger partial charge in [0.1, 0.15) is 5.78 Å². The van der Waals surface area contributed by atoms with Gasteiger partial charge >= 0.3 is 0 Å². The number of ketones is 1. The number of hydrogen-bond donors (Lipinski definition) is 0. The lowest BCUT2D eigenvalue weighted by atomic mass is 9.92. The summed E-state index contributed by atoms with van der Waals surface area (Å²) in [6, 6.07) is 0. The van der Waals surface area contributed by atoms with Crippen molar-refractivity contribution >= 4 is 39.3 Å². The maximum absolute atomic E-state index is 12.6. The Balaban J connectivity index is 1.92. The van der Waals surface area contributed by atoms with E-state index in [4.69, 9.17) is 0 Å². The third-order valence-corrected chi connectivity index (χ3v) is 8.77. The van der Waals surface area contributed by atoms with E-state index in [0.717, 1.165) is 30.8 Å². The second-order valence-corrected chi connectivity index (χ2v) is 10.5. The number of piperidine rings is 1. The Hall–Kier alpha value is 0.280. The van der Waals surface area contributed by atoms with Crippen LogP contribution in [0.3, 0.4) is 0 Å². The lowest BCUT2D eigenvalue weighted by molar-refractivity contribution is -0.119. The van der Waals surface area contributed by atoms with Gasteiger partial charge in [-0.1, -0.05) is 6.92 Å². The summed E-state index contributed by atoms with van der Waals surface area (Å²) < 4.78 is 24.8. The first-order valence-electron chi connectivity index (χ1n) is 7.63. The zero-order chi connectivity index (χ0) is 15.5.